The molecule has 0 bridgehead atoms. The predicted octanol–water partition coefficient (Wildman–Crippen LogP) is 6.70. The molecule has 6 atom stereocenters. The van der Waals surface area contributed by atoms with E-state index in [0.29, 0.717) is 12.1 Å². The summed E-state index contributed by atoms with van der Waals surface area (Å²) in [4.78, 5) is 0. The van der Waals surface area contributed by atoms with Gasteiger partial charge in [0, 0.05) is 20.1 Å². The van der Waals surface area contributed by atoms with Crippen LogP contribution in [0.4, 0.5) is 0 Å². The third kappa shape index (κ3) is 4.23. The van der Waals surface area contributed by atoms with Crippen molar-refractivity contribution in [3.63, 3.8) is 0 Å². The molecule has 5 rings (SSSR count). The van der Waals surface area contributed by atoms with Crippen molar-refractivity contribution in [1.82, 2.24) is 0 Å². The van der Waals surface area contributed by atoms with E-state index in [9.17, 15) is 0 Å². The van der Waals surface area contributed by atoms with Crippen LogP contribution < -0.4 is 0 Å². The molecule has 0 aromatic carbocycles. The number of hydrogen-bond acceptors (Lipinski definition) is 0. The van der Waals surface area contributed by atoms with Gasteiger partial charge >= 0.3 is 0 Å². The van der Waals surface area contributed by atoms with Gasteiger partial charge in [0.2, 0.25) is 0 Å². The van der Waals surface area contributed by atoms with Gasteiger partial charge < -0.3 is 10.6 Å². The molecule has 2 saturated heterocycles. The molecule has 2 aliphatic heterocycles. The second kappa shape index (κ2) is 9.59. The largest absolute Gasteiger partial charge is 0.660 e. The normalized spacial score (nSPS) is 44.0. The van der Waals surface area contributed by atoms with Gasteiger partial charge in [-0.1, -0.05) is 102 Å². The van der Waals surface area contributed by atoms with E-state index in [2.05, 4.69) is 0 Å². The predicted molar refractivity (Wildman–Crippen MR) is 110 cm³/mol. The fraction of sp³-hybridized carbons (Fsp3) is 1.00. The van der Waals surface area contributed by atoms with Crippen molar-refractivity contribution in [2.75, 3.05) is 13.1 Å². The average molecular weight is 549 g/mol. The number of rotatable bonds is 2. The summed E-state index contributed by atoms with van der Waals surface area (Å²) < 4.78 is 0. The summed E-state index contributed by atoms with van der Waals surface area (Å²) in [6.45, 7) is 2.30. The zero-order chi connectivity index (χ0) is 17.3. The van der Waals surface area contributed by atoms with Gasteiger partial charge in [0.15, 0.2) is 0 Å². The number of piperidine rings is 2. The average Bonchev–Trinajstić information content (AvgIpc) is 2.74. The minimum Gasteiger partial charge on any atom is -0.660 e. The first kappa shape index (κ1) is 20.8. The molecule has 27 heavy (non-hydrogen) atoms. The molecule has 5 fully saturated rings. The van der Waals surface area contributed by atoms with Crippen molar-refractivity contribution >= 4 is 0 Å². The molecule has 0 aromatic heterocycles. The molecular weight excluding hydrogens is 508 g/mol. The Labute approximate surface area is 181 Å². The Morgan fingerprint density at radius 3 is 1.22 bits per heavy atom. The minimum atomic E-state index is 0. The molecule has 0 amide bonds. The summed E-state index contributed by atoms with van der Waals surface area (Å²) in [6.07, 6.45) is 20.8. The van der Waals surface area contributed by atoms with E-state index in [1.54, 1.807) is 0 Å². The quantitative estimate of drug-likeness (QED) is 0.368. The van der Waals surface area contributed by atoms with Crippen LogP contribution in [0.25, 0.3) is 10.6 Å². The van der Waals surface area contributed by atoms with Gasteiger partial charge in [-0.2, -0.15) is 0 Å². The zero-order valence-corrected chi connectivity index (χ0v) is 19.6. The van der Waals surface area contributed by atoms with Crippen LogP contribution in [-0.4, -0.2) is 25.2 Å². The molecule has 3 aliphatic carbocycles. The van der Waals surface area contributed by atoms with Gasteiger partial charge in [0.1, 0.15) is 0 Å². The maximum Gasteiger partial charge on any atom is 0 e. The third-order valence-corrected chi connectivity index (χ3v) is 9.28. The van der Waals surface area contributed by atoms with Gasteiger partial charge in [-0.3, -0.25) is 0 Å². The van der Waals surface area contributed by atoms with E-state index >= 15 is 0 Å². The van der Waals surface area contributed by atoms with E-state index in [0.717, 1.165) is 48.6 Å². The summed E-state index contributed by atoms with van der Waals surface area (Å²) in [5.74, 6) is 5.82. The van der Waals surface area contributed by atoms with Crippen molar-refractivity contribution < 1.29 is 20.1 Å². The summed E-state index contributed by atoms with van der Waals surface area (Å²) in [7, 11) is 0. The first-order chi connectivity index (χ1) is 12.9. The van der Waals surface area contributed by atoms with Crippen LogP contribution in [-0.2, 0) is 20.1 Å². The molecule has 5 aliphatic rings. The van der Waals surface area contributed by atoms with Crippen LogP contribution >= 0.6 is 0 Å². The van der Waals surface area contributed by atoms with Crippen molar-refractivity contribution in [2.45, 2.75) is 102 Å². The Bertz CT molecular complexity index is 415. The molecule has 3 heteroatoms. The van der Waals surface area contributed by atoms with Crippen LogP contribution in [0.3, 0.4) is 0 Å². The molecule has 0 N–H and O–H groups in total. The third-order valence-electron chi connectivity index (χ3n) is 9.28. The fourth-order valence-corrected chi connectivity index (χ4v) is 8.12. The van der Waals surface area contributed by atoms with Gasteiger partial charge in [-0.25, -0.2) is 0 Å². The second-order valence-electron chi connectivity index (χ2n) is 10.4. The Hall–Kier alpha value is 0.569. The molecule has 2 nitrogen and oxygen atoms in total. The second-order valence-corrected chi connectivity index (χ2v) is 10.4. The standard InChI is InChI=1S/C24H40N2.Ir/c1-3-7-17(8-4-1)19-13-15-25-23-21(19)11-12-22-20(14-16-26-24(22)23)18-9-5-2-6-10-18;/h17-24H,1-16H2;/q-2;. The Kier molecular flexibility index (Phi) is 7.39. The first-order valence-electron chi connectivity index (χ1n) is 12.2. The van der Waals surface area contributed by atoms with Crippen LogP contribution in [0, 0.1) is 35.5 Å². The fourth-order valence-electron chi connectivity index (χ4n) is 8.12. The van der Waals surface area contributed by atoms with Gasteiger partial charge in [0.25, 0.3) is 0 Å². The van der Waals surface area contributed by atoms with E-state index in [4.69, 9.17) is 10.6 Å². The Morgan fingerprint density at radius 2 is 0.815 bits per heavy atom. The SMILES string of the molecule is C1CCC(C2CC[N-]C3C2CCC2C(C4CCCCC4)CC[N-]C23)CC1.[Ir]. The Morgan fingerprint density at radius 1 is 0.407 bits per heavy atom. The molecule has 0 spiro atoms. The van der Waals surface area contributed by atoms with Crippen molar-refractivity contribution in [3.05, 3.63) is 10.6 Å². The van der Waals surface area contributed by atoms with Crippen LogP contribution in [0.2, 0.25) is 0 Å². The van der Waals surface area contributed by atoms with Crippen molar-refractivity contribution in [3.8, 4) is 0 Å². The first-order valence-corrected chi connectivity index (χ1v) is 12.2. The number of fused-ring (bicyclic) bond motifs is 3. The number of nitrogens with zero attached hydrogens (tertiary/aromatic N) is 2. The summed E-state index contributed by atoms with van der Waals surface area (Å²) >= 11 is 0. The molecular formula is C24H40IrN2-2. The van der Waals surface area contributed by atoms with Crippen molar-refractivity contribution in [2.24, 2.45) is 35.5 Å². The van der Waals surface area contributed by atoms with Crippen molar-refractivity contribution in [1.29, 1.82) is 0 Å². The van der Waals surface area contributed by atoms with E-state index in [-0.39, 0.29) is 20.1 Å². The van der Waals surface area contributed by atoms with Crippen LogP contribution in [0.5, 0.6) is 0 Å². The monoisotopic (exact) mass is 549 g/mol. The van der Waals surface area contributed by atoms with Crippen LogP contribution in [0.1, 0.15) is 89.9 Å². The van der Waals surface area contributed by atoms with E-state index < -0.39 is 0 Å². The van der Waals surface area contributed by atoms with Gasteiger partial charge in [0.05, 0.1) is 0 Å². The summed E-state index contributed by atoms with van der Waals surface area (Å²) in [6, 6.07) is 1.22. The summed E-state index contributed by atoms with van der Waals surface area (Å²) in [5.41, 5.74) is 0. The zero-order valence-electron chi connectivity index (χ0n) is 17.2. The maximum absolute atomic E-state index is 5.27. The topological polar surface area (TPSA) is 28.2 Å². The van der Waals surface area contributed by atoms with E-state index in [1.807, 2.05) is 0 Å². The van der Waals surface area contributed by atoms with Gasteiger partial charge in [-0.05, 0) is 23.7 Å². The molecule has 1 radical (unpaired) electrons. The maximum atomic E-state index is 5.27. The molecule has 2 heterocycles. The summed E-state index contributed by atoms with van der Waals surface area (Å²) in [5, 5.41) is 10.5. The van der Waals surface area contributed by atoms with E-state index in [1.165, 1.54) is 89.9 Å². The Balaban J connectivity index is 0.00000180. The molecule has 3 saturated carbocycles. The smallest absolute Gasteiger partial charge is 0 e. The molecule has 6 unspecified atom stereocenters. The molecule has 157 valence electrons. The van der Waals surface area contributed by atoms with Crippen LogP contribution in [0.15, 0.2) is 0 Å². The molecule has 0 aromatic rings. The minimum absolute atomic E-state index is 0. The van der Waals surface area contributed by atoms with Gasteiger partial charge in [-0.15, -0.1) is 25.2 Å². The number of hydrogen-bond donors (Lipinski definition) is 0.